The van der Waals surface area contributed by atoms with Crippen LogP contribution in [0.4, 0.5) is 4.39 Å². The molecule has 7 heteroatoms. The number of hydrogen-bond acceptors (Lipinski definition) is 4. The Kier molecular flexibility index (Phi) is 4.74. The van der Waals surface area contributed by atoms with Crippen molar-refractivity contribution >= 4 is 5.91 Å². The number of aryl methyl sites for hydroxylation is 2. The van der Waals surface area contributed by atoms with Gasteiger partial charge in [-0.05, 0) is 60.4 Å². The van der Waals surface area contributed by atoms with Crippen LogP contribution in [0.25, 0.3) is 11.3 Å². The lowest BCUT2D eigenvalue weighted by Crippen LogP contribution is -2.29. The van der Waals surface area contributed by atoms with Crippen molar-refractivity contribution in [3.05, 3.63) is 100 Å². The monoisotopic (exact) mass is 428 g/mol. The van der Waals surface area contributed by atoms with Crippen molar-refractivity contribution in [3.63, 3.8) is 0 Å². The van der Waals surface area contributed by atoms with E-state index in [0.717, 1.165) is 22.3 Å². The average molecular weight is 428 g/mol. The van der Waals surface area contributed by atoms with Crippen molar-refractivity contribution in [3.8, 4) is 17.0 Å². The van der Waals surface area contributed by atoms with E-state index in [2.05, 4.69) is 15.2 Å². The first kappa shape index (κ1) is 19.9. The highest BCUT2D eigenvalue weighted by Crippen LogP contribution is 2.45. The molecule has 0 bridgehead atoms. The molecule has 3 heterocycles. The number of carbonyl (C=O) groups excluding carboxylic acids is 1. The fraction of sp³-hybridized carbons (Fsp3) is 0.160. The number of rotatable bonds is 4. The smallest absolute Gasteiger partial charge is 0.273 e. The molecule has 0 radical (unpaired) electrons. The van der Waals surface area contributed by atoms with E-state index < -0.39 is 6.04 Å². The number of carbonyl (C=O) groups is 1. The third-order valence-corrected chi connectivity index (χ3v) is 5.83. The van der Waals surface area contributed by atoms with E-state index in [-0.39, 0.29) is 17.5 Å². The van der Waals surface area contributed by atoms with Crippen LogP contribution in [0.5, 0.6) is 5.75 Å². The minimum atomic E-state index is -0.493. The Morgan fingerprint density at radius 3 is 2.66 bits per heavy atom. The minimum Gasteiger partial charge on any atom is -0.507 e. The van der Waals surface area contributed by atoms with Gasteiger partial charge in [0.15, 0.2) is 0 Å². The molecule has 0 saturated carbocycles. The first-order valence-electron chi connectivity index (χ1n) is 10.3. The van der Waals surface area contributed by atoms with Gasteiger partial charge in [-0.2, -0.15) is 5.10 Å². The van der Waals surface area contributed by atoms with E-state index >= 15 is 0 Å². The molecule has 0 spiro atoms. The van der Waals surface area contributed by atoms with Gasteiger partial charge < -0.3 is 10.0 Å². The van der Waals surface area contributed by atoms with Gasteiger partial charge in [0.05, 0.1) is 6.04 Å². The number of aromatic amines is 1. The Bertz CT molecular complexity index is 1320. The number of amides is 1. The number of benzene rings is 2. The molecule has 2 aromatic carbocycles. The number of pyridine rings is 1. The minimum absolute atomic E-state index is 0.126. The molecular weight excluding hydrogens is 407 g/mol. The second kappa shape index (κ2) is 7.60. The van der Waals surface area contributed by atoms with Crippen molar-refractivity contribution in [1.29, 1.82) is 0 Å². The number of nitrogens with zero attached hydrogens (tertiary/aromatic N) is 3. The van der Waals surface area contributed by atoms with Gasteiger partial charge in [-0.1, -0.05) is 24.3 Å². The zero-order valence-corrected chi connectivity index (χ0v) is 17.6. The molecule has 4 aromatic rings. The van der Waals surface area contributed by atoms with Crippen molar-refractivity contribution in [2.45, 2.75) is 26.4 Å². The Balaban J connectivity index is 1.69. The van der Waals surface area contributed by atoms with Gasteiger partial charge in [-0.15, -0.1) is 0 Å². The third-order valence-electron chi connectivity index (χ3n) is 5.83. The Morgan fingerprint density at radius 2 is 1.94 bits per heavy atom. The van der Waals surface area contributed by atoms with Crippen LogP contribution in [0.3, 0.4) is 0 Å². The van der Waals surface area contributed by atoms with Gasteiger partial charge in [0.25, 0.3) is 5.91 Å². The van der Waals surface area contributed by atoms with E-state index in [1.54, 1.807) is 29.4 Å². The normalized spacial score (nSPS) is 15.3. The first-order valence-corrected chi connectivity index (χ1v) is 10.3. The van der Waals surface area contributed by atoms with Gasteiger partial charge in [0.1, 0.15) is 23.0 Å². The van der Waals surface area contributed by atoms with E-state index in [4.69, 9.17) is 0 Å². The van der Waals surface area contributed by atoms with Crippen LogP contribution in [-0.2, 0) is 6.54 Å². The topological polar surface area (TPSA) is 82.1 Å². The summed E-state index contributed by atoms with van der Waals surface area (Å²) in [6.45, 7) is 4.10. The maximum atomic E-state index is 13.7. The van der Waals surface area contributed by atoms with E-state index in [0.29, 0.717) is 29.1 Å². The first-order chi connectivity index (χ1) is 15.4. The van der Waals surface area contributed by atoms with Gasteiger partial charge in [0, 0.05) is 30.1 Å². The van der Waals surface area contributed by atoms with Crippen LogP contribution >= 0.6 is 0 Å². The molecule has 2 N–H and O–H groups in total. The highest BCUT2D eigenvalue weighted by atomic mass is 19.1. The van der Waals surface area contributed by atoms with Gasteiger partial charge in [0.2, 0.25) is 0 Å². The number of H-pyrrole nitrogens is 1. The molecular formula is C25H21FN4O2. The fourth-order valence-corrected chi connectivity index (χ4v) is 4.39. The highest BCUT2D eigenvalue weighted by Gasteiger charge is 2.42. The molecule has 1 amide bonds. The van der Waals surface area contributed by atoms with Crippen molar-refractivity contribution < 1.29 is 14.3 Å². The molecule has 0 unspecified atom stereocenters. The maximum absolute atomic E-state index is 13.7. The molecule has 5 rings (SSSR count). The molecule has 32 heavy (non-hydrogen) atoms. The average Bonchev–Trinajstić information content (AvgIpc) is 3.32. The SMILES string of the molecule is Cc1cc(C)c(O)c(-c2n[nH]c3c2[C@H](c2ccc(F)cc2)N(Cc2cccnc2)C3=O)c1. The number of hydrogen-bond donors (Lipinski definition) is 2. The van der Waals surface area contributed by atoms with Crippen LogP contribution in [0.2, 0.25) is 0 Å². The van der Waals surface area contributed by atoms with Crippen LogP contribution in [0.1, 0.15) is 44.3 Å². The summed E-state index contributed by atoms with van der Waals surface area (Å²) in [6, 6.07) is 13.1. The Hall–Kier alpha value is -4.00. The zero-order valence-electron chi connectivity index (χ0n) is 17.6. The lowest BCUT2D eigenvalue weighted by Gasteiger charge is -2.26. The highest BCUT2D eigenvalue weighted by molar-refractivity contribution is 6.00. The lowest BCUT2D eigenvalue weighted by atomic mass is 9.94. The van der Waals surface area contributed by atoms with Crippen LogP contribution in [0.15, 0.2) is 60.9 Å². The van der Waals surface area contributed by atoms with E-state index in [9.17, 15) is 14.3 Å². The number of aromatic hydroxyl groups is 1. The predicted molar refractivity (Wildman–Crippen MR) is 118 cm³/mol. The third kappa shape index (κ3) is 3.22. The Labute approximate surface area is 184 Å². The summed E-state index contributed by atoms with van der Waals surface area (Å²) in [5.41, 5.74) is 5.45. The Morgan fingerprint density at radius 1 is 1.16 bits per heavy atom. The van der Waals surface area contributed by atoms with Crippen LogP contribution in [-0.4, -0.2) is 31.1 Å². The van der Waals surface area contributed by atoms with Crippen molar-refractivity contribution in [1.82, 2.24) is 20.1 Å². The standard InChI is InChI=1S/C25H21FN4O2/c1-14-10-15(2)24(31)19(11-14)21-20-22(29-28-21)25(32)30(13-16-4-3-9-27-12-16)23(20)17-5-7-18(26)8-6-17/h3-12,23,31H,13H2,1-2H3,(H,28,29)/t23-/m0/s1. The predicted octanol–water partition coefficient (Wildman–Crippen LogP) is 4.68. The summed E-state index contributed by atoms with van der Waals surface area (Å²) < 4.78 is 13.7. The molecule has 0 saturated heterocycles. The maximum Gasteiger partial charge on any atom is 0.273 e. The van der Waals surface area contributed by atoms with Gasteiger partial charge in [-0.3, -0.25) is 14.9 Å². The van der Waals surface area contributed by atoms with Gasteiger partial charge in [-0.25, -0.2) is 4.39 Å². The van der Waals surface area contributed by atoms with E-state index in [1.807, 2.05) is 38.1 Å². The summed E-state index contributed by atoms with van der Waals surface area (Å²) in [7, 11) is 0. The van der Waals surface area contributed by atoms with Gasteiger partial charge >= 0.3 is 0 Å². The molecule has 1 aliphatic rings. The number of phenols is 1. The molecule has 160 valence electrons. The molecule has 1 aliphatic heterocycles. The fourth-order valence-electron chi connectivity index (χ4n) is 4.39. The number of fused-ring (bicyclic) bond motifs is 1. The lowest BCUT2D eigenvalue weighted by molar-refractivity contribution is 0.0730. The van der Waals surface area contributed by atoms with Crippen LogP contribution in [0, 0.1) is 19.7 Å². The van der Waals surface area contributed by atoms with E-state index in [1.165, 1.54) is 12.1 Å². The number of aromatic nitrogens is 3. The van der Waals surface area contributed by atoms with Crippen molar-refractivity contribution in [2.75, 3.05) is 0 Å². The van der Waals surface area contributed by atoms with Crippen LogP contribution < -0.4 is 0 Å². The zero-order chi connectivity index (χ0) is 22.4. The second-order valence-electron chi connectivity index (χ2n) is 8.09. The molecule has 0 fully saturated rings. The number of nitrogens with one attached hydrogen (secondary N) is 1. The molecule has 2 aromatic heterocycles. The second-order valence-corrected chi connectivity index (χ2v) is 8.09. The summed E-state index contributed by atoms with van der Waals surface area (Å²) in [6.07, 6.45) is 3.40. The summed E-state index contributed by atoms with van der Waals surface area (Å²) in [5, 5.41) is 18.1. The molecule has 0 aliphatic carbocycles. The largest absolute Gasteiger partial charge is 0.507 e. The molecule has 1 atom stereocenters. The summed E-state index contributed by atoms with van der Waals surface area (Å²) in [4.78, 5) is 19.3. The number of phenolic OH excluding ortho intramolecular Hbond substituents is 1. The summed E-state index contributed by atoms with van der Waals surface area (Å²) >= 11 is 0. The van der Waals surface area contributed by atoms with Crippen molar-refractivity contribution in [2.24, 2.45) is 0 Å². The summed E-state index contributed by atoms with van der Waals surface area (Å²) in [5.74, 6) is -0.432. The quantitative estimate of drug-likeness (QED) is 0.495. The molecule has 6 nitrogen and oxygen atoms in total. The number of halogens is 1.